The van der Waals surface area contributed by atoms with Gasteiger partial charge in [-0.05, 0) is 49.6 Å². The SMILES string of the molecule is CCNC(=NCC(c1ccc(F)cc1)N1CCOCC1)NCCc1ccc(C)nc1. The number of hydrogen-bond acceptors (Lipinski definition) is 4. The second-order valence-electron chi connectivity index (χ2n) is 7.42. The quantitative estimate of drug-likeness (QED) is 0.515. The largest absolute Gasteiger partial charge is 0.379 e. The number of benzene rings is 1. The number of nitrogens with zero attached hydrogens (tertiary/aromatic N) is 3. The fraction of sp³-hybridized carbons (Fsp3) is 0.478. The van der Waals surface area contributed by atoms with Crippen LogP contribution < -0.4 is 10.6 Å². The number of ether oxygens (including phenoxy) is 1. The smallest absolute Gasteiger partial charge is 0.191 e. The normalized spacial score (nSPS) is 16.3. The van der Waals surface area contributed by atoms with Crippen LogP contribution in [0.5, 0.6) is 0 Å². The van der Waals surface area contributed by atoms with Gasteiger partial charge in [0.25, 0.3) is 0 Å². The highest BCUT2D eigenvalue weighted by Gasteiger charge is 2.22. The van der Waals surface area contributed by atoms with Crippen molar-refractivity contribution in [1.82, 2.24) is 20.5 Å². The van der Waals surface area contributed by atoms with Crippen LogP contribution in [-0.4, -0.2) is 61.8 Å². The van der Waals surface area contributed by atoms with Gasteiger partial charge in [0.05, 0.1) is 25.8 Å². The van der Waals surface area contributed by atoms with E-state index in [1.807, 2.05) is 31.3 Å². The van der Waals surface area contributed by atoms with Crippen molar-refractivity contribution >= 4 is 5.96 Å². The van der Waals surface area contributed by atoms with Crippen molar-refractivity contribution in [2.75, 3.05) is 45.9 Å². The van der Waals surface area contributed by atoms with Gasteiger partial charge in [0.2, 0.25) is 0 Å². The first-order chi connectivity index (χ1) is 14.7. The third-order valence-electron chi connectivity index (χ3n) is 5.19. The van der Waals surface area contributed by atoms with Crippen LogP contribution in [0.2, 0.25) is 0 Å². The number of aliphatic imine (C=N–C) groups is 1. The van der Waals surface area contributed by atoms with E-state index in [-0.39, 0.29) is 11.9 Å². The van der Waals surface area contributed by atoms with E-state index < -0.39 is 0 Å². The molecule has 0 radical (unpaired) electrons. The standard InChI is InChI=1S/C23H32FN5O/c1-3-25-23(26-11-10-19-5-4-18(2)27-16-19)28-17-22(29-12-14-30-15-13-29)20-6-8-21(24)9-7-20/h4-9,16,22H,3,10-15,17H2,1-2H3,(H2,25,26,28). The zero-order valence-electron chi connectivity index (χ0n) is 17.9. The molecule has 7 heteroatoms. The van der Waals surface area contributed by atoms with Gasteiger partial charge in [0.15, 0.2) is 5.96 Å². The minimum atomic E-state index is -0.219. The molecule has 3 rings (SSSR count). The number of morpholine rings is 1. The van der Waals surface area contributed by atoms with Gasteiger partial charge in [-0.15, -0.1) is 0 Å². The summed E-state index contributed by atoms with van der Waals surface area (Å²) in [6.45, 7) is 9.32. The number of guanidine groups is 1. The van der Waals surface area contributed by atoms with Crippen molar-refractivity contribution < 1.29 is 9.13 Å². The minimum absolute atomic E-state index is 0.0891. The predicted molar refractivity (Wildman–Crippen MR) is 118 cm³/mol. The monoisotopic (exact) mass is 413 g/mol. The van der Waals surface area contributed by atoms with Crippen LogP contribution in [-0.2, 0) is 11.2 Å². The summed E-state index contributed by atoms with van der Waals surface area (Å²) in [7, 11) is 0. The number of aryl methyl sites for hydroxylation is 1. The number of rotatable bonds is 8. The lowest BCUT2D eigenvalue weighted by Gasteiger charge is -2.34. The Hall–Kier alpha value is -2.51. The first kappa shape index (κ1) is 22.2. The fourth-order valence-corrected chi connectivity index (χ4v) is 3.50. The second-order valence-corrected chi connectivity index (χ2v) is 7.42. The Morgan fingerprint density at radius 2 is 1.93 bits per heavy atom. The average molecular weight is 414 g/mol. The molecule has 162 valence electrons. The number of halogens is 1. The lowest BCUT2D eigenvalue weighted by Crippen LogP contribution is -2.42. The molecule has 2 heterocycles. The second kappa shape index (κ2) is 11.6. The molecule has 1 aliphatic heterocycles. The summed E-state index contributed by atoms with van der Waals surface area (Å²) in [6.07, 6.45) is 2.80. The Labute approximate surface area is 178 Å². The van der Waals surface area contributed by atoms with Gasteiger partial charge < -0.3 is 15.4 Å². The summed E-state index contributed by atoms with van der Waals surface area (Å²) in [5.41, 5.74) is 3.29. The van der Waals surface area contributed by atoms with E-state index in [0.717, 1.165) is 49.8 Å². The molecule has 1 fully saturated rings. The number of nitrogens with one attached hydrogen (secondary N) is 2. The summed E-state index contributed by atoms with van der Waals surface area (Å²) in [5, 5.41) is 6.73. The molecule has 1 aromatic heterocycles. The van der Waals surface area contributed by atoms with E-state index in [1.54, 1.807) is 0 Å². The Bertz CT molecular complexity index is 788. The molecule has 1 aliphatic rings. The van der Waals surface area contributed by atoms with E-state index in [2.05, 4.69) is 33.5 Å². The van der Waals surface area contributed by atoms with E-state index >= 15 is 0 Å². The predicted octanol–water partition coefficient (Wildman–Crippen LogP) is 2.70. The van der Waals surface area contributed by atoms with E-state index in [9.17, 15) is 4.39 Å². The third-order valence-corrected chi connectivity index (χ3v) is 5.19. The van der Waals surface area contributed by atoms with Gasteiger partial charge in [-0.1, -0.05) is 18.2 Å². The molecule has 0 aliphatic carbocycles. The molecule has 0 amide bonds. The highest BCUT2D eigenvalue weighted by molar-refractivity contribution is 5.79. The first-order valence-electron chi connectivity index (χ1n) is 10.7. The maximum Gasteiger partial charge on any atom is 0.191 e. The Kier molecular flexibility index (Phi) is 8.59. The molecule has 30 heavy (non-hydrogen) atoms. The Balaban J connectivity index is 1.64. The van der Waals surface area contributed by atoms with Crippen molar-refractivity contribution in [3.63, 3.8) is 0 Å². The summed E-state index contributed by atoms with van der Waals surface area (Å²) in [6, 6.07) is 11.0. The van der Waals surface area contributed by atoms with Crippen molar-refractivity contribution in [2.24, 2.45) is 4.99 Å². The molecule has 0 saturated carbocycles. The van der Waals surface area contributed by atoms with Crippen LogP contribution in [0, 0.1) is 12.7 Å². The third kappa shape index (κ3) is 6.78. The highest BCUT2D eigenvalue weighted by atomic mass is 19.1. The Morgan fingerprint density at radius 3 is 2.60 bits per heavy atom. The summed E-state index contributed by atoms with van der Waals surface area (Å²) in [4.78, 5) is 11.5. The van der Waals surface area contributed by atoms with E-state index in [0.29, 0.717) is 19.8 Å². The van der Waals surface area contributed by atoms with Crippen molar-refractivity contribution in [2.45, 2.75) is 26.3 Å². The summed E-state index contributed by atoms with van der Waals surface area (Å²) < 4.78 is 18.9. The number of aromatic nitrogens is 1. The maximum absolute atomic E-state index is 13.4. The average Bonchev–Trinajstić information content (AvgIpc) is 2.77. The van der Waals surface area contributed by atoms with E-state index in [4.69, 9.17) is 9.73 Å². The molecule has 1 saturated heterocycles. The zero-order valence-corrected chi connectivity index (χ0v) is 17.9. The molecule has 0 bridgehead atoms. The molecular formula is C23H32FN5O. The highest BCUT2D eigenvalue weighted by Crippen LogP contribution is 2.22. The lowest BCUT2D eigenvalue weighted by atomic mass is 10.0. The maximum atomic E-state index is 13.4. The van der Waals surface area contributed by atoms with Crippen LogP contribution in [0.25, 0.3) is 0 Å². The van der Waals surface area contributed by atoms with Gasteiger partial charge in [-0.25, -0.2) is 4.39 Å². The molecule has 0 spiro atoms. The molecule has 2 aromatic rings. The molecular weight excluding hydrogens is 381 g/mol. The van der Waals surface area contributed by atoms with Crippen LogP contribution in [0.4, 0.5) is 4.39 Å². The fourth-order valence-electron chi connectivity index (χ4n) is 3.50. The topological polar surface area (TPSA) is 61.8 Å². The van der Waals surface area contributed by atoms with Gasteiger partial charge in [-0.3, -0.25) is 14.9 Å². The van der Waals surface area contributed by atoms with Gasteiger partial charge >= 0.3 is 0 Å². The summed E-state index contributed by atoms with van der Waals surface area (Å²) in [5.74, 6) is 0.571. The van der Waals surface area contributed by atoms with Gasteiger partial charge in [0, 0.05) is 38.1 Å². The lowest BCUT2D eigenvalue weighted by molar-refractivity contribution is 0.0179. The molecule has 2 N–H and O–H groups in total. The van der Waals surface area contributed by atoms with Crippen LogP contribution in [0.1, 0.15) is 29.8 Å². The van der Waals surface area contributed by atoms with Crippen LogP contribution in [0.3, 0.4) is 0 Å². The molecule has 6 nitrogen and oxygen atoms in total. The molecule has 1 atom stereocenters. The van der Waals surface area contributed by atoms with Crippen LogP contribution >= 0.6 is 0 Å². The van der Waals surface area contributed by atoms with Gasteiger partial charge in [-0.2, -0.15) is 0 Å². The minimum Gasteiger partial charge on any atom is -0.379 e. The van der Waals surface area contributed by atoms with Gasteiger partial charge in [0.1, 0.15) is 5.82 Å². The number of hydrogen-bond donors (Lipinski definition) is 2. The first-order valence-corrected chi connectivity index (χ1v) is 10.7. The zero-order chi connectivity index (χ0) is 21.2. The molecule has 1 unspecified atom stereocenters. The van der Waals surface area contributed by atoms with E-state index in [1.165, 1.54) is 17.7 Å². The van der Waals surface area contributed by atoms with Crippen molar-refractivity contribution in [3.8, 4) is 0 Å². The van der Waals surface area contributed by atoms with Crippen LogP contribution in [0.15, 0.2) is 47.6 Å². The van der Waals surface area contributed by atoms with Crippen molar-refractivity contribution in [3.05, 3.63) is 65.2 Å². The number of pyridine rings is 1. The van der Waals surface area contributed by atoms with Crippen molar-refractivity contribution in [1.29, 1.82) is 0 Å². The molecule has 1 aromatic carbocycles. The Morgan fingerprint density at radius 1 is 1.17 bits per heavy atom. The summed E-state index contributed by atoms with van der Waals surface area (Å²) >= 11 is 0.